The van der Waals surface area contributed by atoms with Crippen molar-refractivity contribution >= 4 is 60.7 Å². The van der Waals surface area contributed by atoms with E-state index in [0.717, 1.165) is 14.6 Å². The zero-order chi connectivity index (χ0) is 14.0. The van der Waals surface area contributed by atoms with E-state index < -0.39 is 0 Å². The summed E-state index contributed by atoms with van der Waals surface area (Å²) in [6.07, 6.45) is 1.45. The van der Waals surface area contributed by atoms with Crippen molar-refractivity contribution in [2.75, 3.05) is 18.2 Å². The van der Waals surface area contributed by atoms with Crippen LogP contribution in [0.5, 0.6) is 5.75 Å². The molecule has 0 amide bonds. The van der Waals surface area contributed by atoms with E-state index in [9.17, 15) is 0 Å². The first-order chi connectivity index (χ1) is 9.01. The summed E-state index contributed by atoms with van der Waals surface area (Å²) in [6.45, 7) is 0. The number of hydrogen-bond acceptors (Lipinski definition) is 5. The number of halogens is 3. The highest BCUT2D eigenvalue weighted by atomic mass is 79.9. The molecule has 0 saturated carbocycles. The second-order valence-electron chi connectivity index (χ2n) is 3.53. The summed E-state index contributed by atoms with van der Waals surface area (Å²) in [7, 11) is 1.59. The fourth-order valence-electron chi connectivity index (χ4n) is 1.38. The quantitative estimate of drug-likeness (QED) is 0.752. The van der Waals surface area contributed by atoms with Crippen LogP contribution in [-0.2, 0) is 0 Å². The molecule has 1 aromatic carbocycles. The molecule has 0 fully saturated rings. The number of nitrogens with zero attached hydrogens (tertiary/aromatic N) is 2. The Kier molecular flexibility index (Phi) is 4.49. The summed E-state index contributed by atoms with van der Waals surface area (Å²) < 4.78 is 6.90. The maximum Gasteiger partial charge on any atom is 0.224 e. The Hall–Kier alpha value is -1.05. The zero-order valence-electron chi connectivity index (χ0n) is 9.75. The highest BCUT2D eigenvalue weighted by molar-refractivity contribution is 9.11. The number of hydrogen-bond donors (Lipinski definition) is 2. The first kappa shape index (κ1) is 14.4. The summed E-state index contributed by atoms with van der Waals surface area (Å²) in [5.41, 5.74) is 6.94. The van der Waals surface area contributed by atoms with Gasteiger partial charge in [0.2, 0.25) is 5.28 Å². The van der Waals surface area contributed by atoms with Gasteiger partial charge in [0.05, 0.1) is 29.2 Å². The number of anilines is 3. The zero-order valence-corrected chi connectivity index (χ0v) is 13.7. The lowest BCUT2D eigenvalue weighted by Gasteiger charge is -2.12. The molecule has 2 rings (SSSR count). The van der Waals surface area contributed by atoms with Crippen LogP contribution in [-0.4, -0.2) is 17.1 Å². The molecular formula is C11H9Br2ClN4O. The minimum absolute atomic E-state index is 0.122. The summed E-state index contributed by atoms with van der Waals surface area (Å²) in [5, 5.41) is 3.20. The fourth-order valence-corrected chi connectivity index (χ4v) is 2.77. The highest BCUT2D eigenvalue weighted by Crippen LogP contribution is 2.36. The maximum absolute atomic E-state index is 5.79. The Morgan fingerprint density at radius 1 is 1.32 bits per heavy atom. The third-order valence-electron chi connectivity index (χ3n) is 2.28. The van der Waals surface area contributed by atoms with Crippen LogP contribution in [0.3, 0.4) is 0 Å². The van der Waals surface area contributed by atoms with E-state index in [1.807, 2.05) is 12.1 Å². The normalized spacial score (nSPS) is 10.3. The number of methoxy groups -OCH3 is 1. The van der Waals surface area contributed by atoms with Crippen molar-refractivity contribution in [3.05, 3.63) is 32.6 Å². The molecule has 0 aliphatic rings. The molecule has 0 radical (unpaired) electrons. The average Bonchev–Trinajstić information content (AvgIpc) is 2.37. The third-order valence-corrected chi connectivity index (χ3v) is 3.74. The van der Waals surface area contributed by atoms with Crippen molar-refractivity contribution < 1.29 is 4.74 Å². The molecule has 2 aromatic rings. The van der Waals surface area contributed by atoms with Crippen molar-refractivity contribution in [2.45, 2.75) is 0 Å². The van der Waals surface area contributed by atoms with Crippen LogP contribution < -0.4 is 15.8 Å². The van der Waals surface area contributed by atoms with Gasteiger partial charge in [-0.1, -0.05) is 0 Å². The number of benzene rings is 1. The molecule has 0 bridgehead atoms. The van der Waals surface area contributed by atoms with Crippen LogP contribution in [0.2, 0.25) is 5.28 Å². The van der Waals surface area contributed by atoms with E-state index in [4.69, 9.17) is 22.1 Å². The minimum Gasteiger partial charge on any atom is -0.495 e. The van der Waals surface area contributed by atoms with Crippen LogP contribution in [0, 0.1) is 0 Å². The van der Waals surface area contributed by atoms with E-state index in [1.165, 1.54) is 6.20 Å². The molecule has 100 valence electrons. The maximum atomic E-state index is 5.79. The van der Waals surface area contributed by atoms with Gasteiger partial charge in [-0.25, -0.2) is 4.98 Å². The van der Waals surface area contributed by atoms with Crippen molar-refractivity contribution in [1.29, 1.82) is 0 Å². The van der Waals surface area contributed by atoms with Crippen molar-refractivity contribution in [3.63, 3.8) is 0 Å². The van der Waals surface area contributed by atoms with Crippen LogP contribution in [0.15, 0.2) is 27.3 Å². The third kappa shape index (κ3) is 3.29. The highest BCUT2D eigenvalue weighted by Gasteiger charge is 2.10. The number of rotatable bonds is 3. The van der Waals surface area contributed by atoms with Gasteiger partial charge in [0.1, 0.15) is 5.75 Å². The topological polar surface area (TPSA) is 73.1 Å². The van der Waals surface area contributed by atoms with Crippen LogP contribution in [0.4, 0.5) is 17.2 Å². The largest absolute Gasteiger partial charge is 0.495 e. The molecule has 1 heterocycles. The predicted octanol–water partition coefficient (Wildman–Crippen LogP) is 3.99. The van der Waals surface area contributed by atoms with Gasteiger partial charge in [-0.05, 0) is 49.5 Å². The van der Waals surface area contributed by atoms with Gasteiger partial charge in [-0.15, -0.1) is 0 Å². The van der Waals surface area contributed by atoms with Crippen molar-refractivity contribution in [3.8, 4) is 5.75 Å². The molecule has 0 unspecified atom stereocenters. The van der Waals surface area contributed by atoms with E-state index in [2.05, 4.69) is 47.1 Å². The van der Waals surface area contributed by atoms with Gasteiger partial charge in [-0.3, -0.25) is 0 Å². The Morgan fingerprint density at radius 2 is 2.05 bits per heavy atom. The average molecular weight is 408 g/mol. The van der Waals surface area contributed by atoms with Gasteiger partial charge in [0.15, 0.2) is 5.82 Å². The molecular weight excluding hydrogens is 399 g/mol. The smallest absolute Gasteiger partial charge is 0.224 e. The van der Waals surface area contributed by atoms with Gasteiger partial charge < -0.3 is 15.8 Å². The lowest BCUT2D eigenvalue weighted by atomic mass is 10.3. The van der Waals surface area contributed by atoms with Gasteiger partial charge >= 0.3 is 0 Å². The van der Waals surface area contributed by atoms with Crippen LogP contribution in [0.25, 0.3) is 0 Å². The minimum atomic E-state index is 0.122. The summed E-state index contributed by atoms with van der Waals surface area (Å²) in [6, 6.07) is 3.67. The molecule has 0 atom stereocenters. The lowest BCUT2D eigenvalue weighted by Crippen LogP contribution is -2.01. The van der Waals surface area contributed by atoms with Crippen molar-refractivity contribution in [2.24, 2.45) is 0 Å². The Bertz CT molecular complexity index is 624. The van der Waals surface area contributed by atoms with E-state index in [-0.39, 0.29) is 5.28 Å². The molecule has 0 aliphatic heterocycles. The van der Waals surface area contributed by atoms with Crippen LogP contribution >= 0.6 is 43.5 Å². The molecule has 0 saturated heterocycles. The standard InChI is InChI=1S/C11H9Br2ClN4O/c1-19-9-3-8(5(12)2-6(9)13)17-10-7(15)4-16-11(14)18-10/h2-4H,15H2,1H3,(H,16,17,18). The molecule has 0 aliphatic carbocycles. The summed E-state index contributed by atoms with van der Waals surface area (Å²) >= 11 is 12.6. The molecule has 5 nitrogen and oxygen atoms in total. The van der Waals surface area contributed by atoms with Crippen molar-refractivity contribution in [1.82, 2.24) is 9.97 Å². The number of aromatic nitrogens is 2. The second-order valence-corrected chi connectivity index (χ2v) is 5.58. The van der Waals surface area contributed by atoms with E-state index >= 15 is 0 Å². The molecule has 8 heteroatoms. The molecule has 0 spiro atoms. The first-order valence-corrected chi connectivity index (χ1v) is 7.05. The summed E-state index contributed by atoms with van der Waals surface area (Å²) in [5.74, 6) is 1.12. The number of nitrogen functional groups attached to an aromatic ring is 1. The second kappa shape index (κ2) is 5.94. The first-order valence-electron chi connectivity index (χ1n) is 5.09. The Morgan fingerprint density at radius 3 is 2.74 bits per heavy atom. The van der Waals surface area contributed by atoms with Gasteiger partial charge in [0.25, 0.3) is 0 Å². The number of nitrogens with one attached hydrogen (secondary N) is 1. The van der Waals surface area contributed by atoms with Gasteiger partial charge in [0, 0.05) is 10.5 Å². The summed E-state index contributed by atoms with van der Waals surface area (Å²) in [4.78, 5) is 7.83. The Balaban J connectivity index is 2.40. The SMILES string of the molecule is COc1cc(Nc2nc(Cl)ncc2N)c(Br)cc1Br. The monoisotopic (exact) mass is 406 g/mol. The Labute approximate surface area is 131 Å². The van der Waals surface area contributed by atoms with E-state index in [0.29, 0.717) is 17.3 Å². The van der Waals surface area contributed by atoms with Crippen LogP contribution in [0.1, 0.15) is 0 Å². The molecule has 3 N–H and O–H groups in total. The molecule has 19 heavy (non-hydrogen) atoms. The van der Waals surface area contributed by atoms with E-state index in [1.54, 1.807) is 7.11 Å². The lowest BCUT2D eigenvalue weighted by molar-refractivity contribution is 0.412. The predicted molar refractivity (Wildman–Crippen MR) is 83.1 cm³/mol. The number of ether oxygens (including phenoxy) is 1. The number of nitrogens with two attached hydrogens (primary N) is 1. The fraction of sp³-hybridized carbons (Fsp3) is 0.0909. The van der Waals surface area contributed by atoms with Gasteiger partial charge in [-0.2, -0.15) is 4.98 Å². The molecule has 1 aromatic heterocycles.